The van der Waals surface area contributed by atoms with E-state index < -0.39 is 0 Å². The third-order valence-electron chi connectivity index (χ3n) is 3.94. The zero-order chi connectivity index (χ0) is 16.9. The van der Waals surface area contributed by atoms with Crippen molar-refractivity contribution in [3.8, 4) is 16.9 Å². The summed E-state index contributed by atoms with van der Waals surface area (Å²) in [5.74, 6) is 1.67. The van der Waals surface area contributed by atoms with E-state index in [-0.39, 0.29) is 0 Å². The van der Waals surface area contributed by atoms with Crippen LogP contribution >= 0.6 is 0 Å². The molecule has 0 radical (unpaired) electrons. The number of rotatable bonds is 5. The topological polar surface area (TPSA) is 51.4 Å². The van der Waals surface area contributed by atoms with Crippen molar-refractivity contribution < 1.29 is 4.74 Å². The van der Waals surface area contributed by atoms with Gasteiger partial charge in [-0.1, -0.05) is 30.3 Å². The Bertz CT molecular complexity index is 818. The van der Waals surface area contributed by atoms with E-state index in [1.54, 1.807) is 7.11 Å². The van der Waals surface area contributed by atoms with Crippen molar-refractivity contribution in [1.29, 1.82) is 0 Å². The first-order valence-electron chi connectivity index (χ1n) is 7.82. The van der Waals surface area contributed by atoms with Crippen LogP contribution in [0.15, 0.2) is 66.9 Å². The van der Waals surface area contributed by atoms with Crippen LogP contribution in [0.25, 0.3) is 11.1 Å². The highest BCUT2D eigenvalue weighted by Gasteiger charge is 2.09. The summed E-state index contributed by atoms with van der Waals surface area (Å²) < 4.78 is 5.46. The zero-order valence-electron chi connectivity index (χ0n) is 13.9. The molecule has 4 nitrogen and oxygen atoms in total. The molecule has 0 atom stereocenters. The molecule has 0 saturated carbocycles. The molecule has 0 aliphatic rings. The Balaban J connectivity index is 1.89. The molecule has 0 bridgehead atoms. The Hall–Kier alpha value is -3.01. The van der Waals surface area contributed by atoms with Crippen molar-refractivity contribution in [2.24, 2.45) is 0 Å². The van der Waals surface area contributed by atoms with Crippen LogP contribution in [-0.2, 0) is 6.54 Å². The fraction of sp³-hybridized carbons (Fsp3) is 0.150. The van der Waals surface area contributed by atoms with Crippen molar-refractivity contribution >= 4 is 11.5 Å². The Labute approximate surface area is 142 Å². The number of aromatic nitrogens is 1. The fourth-order valence-corrected chi connectivity index (χ4v) is 2.68. The van der Waals surface area contributed by atoms with Crippen LogP contribution in [0.3, 0.4) is 0 Å². The van der Waals surface area contributed by atoms with Gasteiger partial charge in [0.05, 0.1) is 7.11 Å². The summed E-state index contributed by atoms with van der Waals surface area (Å²) in [6.45, 7) is 0.802. The maximum absolute atomic E-state index is 5.84. The minimum Gasteiger partial charge on any atom is -0.496 e. The Morgan fingerprint density at radius 2 is 1.83 bits per heavy atom. The average Bonchev–Trinajstić information content (AvgIpc) is 2.62. The number of nitrogen functional groups attached to an aromatic ring is 1. The number of nitrogens with two attached hydrogens (primary N) is 1. The molecule has 2 aromatic carbocycles. The van der Waals surface area contributed by atoms with E-state index in [4.69, 9.17) is 10.5 Å². The van der Waals surface area contributed by atoms with Crippen LogP contribution in [0.4, 0.5) is 11.5 Å². The van der Waals surface area contributed by atoms with Gasteiger partial charge >= 0.3 is 0 Å². The van der Waals surface area contributed by atoms with Crippen molar-refractivity contribution in [2.45, 2.75) is 6.54 Å². The largest absolute Gasteiger partial charge is 0.496 e. The van der Waals surface area contributed by atoms with Gasteiger partial charge < -0.3 is 15.4 Å². The molecule has 0 unspecified atom stereocenters. The number of methoxy groups -OCH3 is 1. The SMILES string of the molecule is COc1cc(N)ccc1-c1ccnc(N(C)Cc2ccccc2)c1. The minimum atomic E-state index is 0.686. The highest BCUT2D eigenvalue weighted by Crippen LogP contribution is 2.32. The molecule has 3 rings (SSSR count). The monoisotopic (exact) mass is 319 g/mol. The van der Waals surface area contributed by atoms with Gasteiger partial charge in [0.15, 0.2) is 0 Å². The highest BCUT2D eigenvalue weighted by molar-refractivity contribution is 5.74. The van der Waals surface area contributed by atoms with Crippen LogP contribution in [0.1, 0.15) is 5.56 Å². The molecular weight excluding hydrogens is 298 g/mol. The third kappa shape index (κ3) is 3.49. The molecule has 0 aliphatic carbocycles. The second kappa shape index (κ2) is 7.04. The molecule has 0 fully saturated rings. The summed E-state index contributed by atoms with van der Waals surface area (Å²) in [5, 5.41) is 0. The molecule has 0 saturated heterocycles. The van der Waals surface area contributed by atoms with Gasteiger partial charge in [0.25, 0.3) is 0 Å². The van der Waals surface area contributed by atoms with Crippen LogP contribution in [0.2, 0.25) is 0 Å². The smallest absolute Gasteiger partial charge is 0.129 e. The van der Waals surface area contributed by atoms with Gasteiger partial charge in [0.2, 0.25) is 0 Å². The maximum atomic E-state index is 5.84. The molecule has 0 aliphatic heterocycles. The van der Waals surface area contributed by atoms with Gasteiger partial charge in [-0.05, 0) is 35.4 Å². The predicted octanol–water partition coefficient (Wildman–Crippen LogP) is 3.98. The van der Waals surface area contributed by atoms with E-state index in [9.17, 15) is 0 Å². The Morgan fingerprint density at radius 3 is 2.58 bits per heavy atom. The van der Waals surface area contributed by atoms with E-state index in [0.29, 0.717) is 5.69 Å². The molecule has 2 N–H and O–H groups in total. The second-order valence-corrected chi connectivity index (χ2v) is 5.70. The van der Waals surface area contributed by atoms with E-state index in [1.165, 1.54) is 5.56 Å². The lowest BCUT2D eigenvalue weighted by Crippen LogP contribution is -2.17. The van der Waals surface area contributed by atoms with Gasteiger partial charge in [-0.3, -0.25) is 0 Å². The van der Waals surface area contributed by atoms with Gasteiger partial charge in [0.1, 0.15) is 11.6 Å². The molecule has 122 valence electrons. The molecular formula is C20H21N3O. The lowest BCUT2D eigenvalue weighted by atomic mass is 10.0. The number of hydrogen-bond acceptors (Lipinski definition) is 4. The third-order valence-corrected chi connectivity index (χ3v) is 3.94. The number of hydrogen-bond donors (Lipinski definition) is 1. The quantitative estimate of drug-likeness (QED) is 0.723. The summed E-state index contributed by atoms with van der Waals surface area (Å²) in [5.41, 5.74) is 9.83. The predicted molar refractivity (Wildman–Crippen MR) is 99.2 cm³/mol. The van der Waals surface area contributed by atoms with E-state index in [2.05, 4.69) is 28.1 Å². The van der Waals surface area contributed by atoms with Crippen LogP contribution in [-0.4, -0.2) is 19.1 Å². The van der Waals surface area contributed by atoms with Gasteiger partial charge in [-0.2, -0.15) is 0 Å². The molecule has 4 heteroatoms. The molecule has 1 aromatic heterocycles. The lowest BCUT2D eigenvalue weighted by molar-refractivity contribution is 0.416. The molecule has 1 heterocycles. The summed E-state index contributed by atoms with van der Waals surface area (Å²) in [6.07, 6.45) is 1.82. The maximum Gasteiger partial charge on any atom is 0.129 e. The summed E-state index contributed by atoms with van der Waals surface area (Å²) >= 11 is 0. The number of ether oxygens (including phenoxy) is 1. The standard InChI is InChI=1S/C20H21N3O/c1-23(14-15-6-4-3-5-7-15)20-12-16(10-11-22-20)18-9-8-17(21)13-19(18)24-2/h3-13H,14,21H2,1-2H3. The van der Waals surface area contributed by atoms with Crippen molar-refractivity contribution in [3.05, 3.63) is 72.4 Å². The van der Waals surface area contributed by atoms with Crippen LogP contribution in [0, 0.1) is 0 Å². The molecule has 24 heavy (non-hydrogen) atoms. The number of benzene rings is 2. The summed E-state index contributed by atoms with van der Waals surface area (Å²) in [7, 11) is 3.70. The lowest BCUT2D eigenvalue weighted by Gasteiger charge is -2.19. The first-order chi connectivity index (χ1) is 11.7. The first-order valence-corrected chi connectivity index (χ1v) is 7.82. The number of anilines is 2. The zero-order valence-corrected chi connectivity index (χ0v) is 13.9. The summed E-state index contributed by atoms with van der Waals surface area (Å²) in [4.78, 5) is 6.62. The van der Waals surface area contributed by atoms with E-state index in [1.807, 2.05) is 55.7 Å². The molecule has 0 amide bonds. The highest BCUT2D eigenvalue weighted by atomic mass is 16.5. The van der Waals surface area contributed by atoms with Crippen molar-refractivity contribution in [3.63, 3.8) is 0 Å². The Morgan fingerprint density at radius 1 is 1.04 bits per heavy atom. The average molecular weight is 319 g/mol. The molecule has 0 spiro atoms. The Kier molecular flexibility index (Phi) is 4.66. The number of nitrogens with zero attached hydrogens (tertiary/aromatic N) is 2. The van der Waals surface area contributed by atoms with Crippen molar-refractivity contribution in [1.82, 2.24) is 4.98 Å². The van der Waals surface area contributed by atoms with Crippen LogP contribution in [0.5, 0.6) is 5.75 Å². The van der Waals surface area contributed by atoms with Crippen molar-refractivity contribution in [2.75, 3.05) is 24.8 Å². The van der Waals surface area contributed by atoms with Crippen LogP contribution < -0.4 is 15.4 Å². The first kappa shape index (κ1) is 15.9. The normalized spacial score (nSPS) is 10.4. The summed E-state index contributed by atoms with van der Waals surface area (Å²) in [6, 6.07) is 20.1. The number of pyridine rings is 1. The van der Waals surface area contributed by atoms with Gasteiger partial charge in [-0.25, -0.2) is 4.98 Å². The molecule has 3 aromatic rings. The van der Waals surface area contributed by atoms with Gasteiger partial charge in [0, 0.05) is 37.1 Å². The van der Waals surface area contributed by atoms with E-state index >= 15 is 0 Å². The van der Waals surface area contributed by atoms with Gasteiger partial charge in [-0.15, -0.1) is 0 Å². The second-order valence-electron chi connectivity index (χ2n) is 5.70. The van der Waals surface area contributed by atoms with E-state index in [0.717, 1.165) is 29.2 Å². The minimum absolute atomic E-state index is 0.686. The fourth-order valence-electron chi connectivity index (χ4n) is 2.68.